The van der Waals surface area contributed by atoms with Crippen LogP contribution >= 0.6 is 0 Å². The van der Waals surface area contributed by atoms with Crippen LogP contribution in [0.1, 0.15) is 33.2 Å². The van der Waals surface area contributed by atoms with Gasteiger partial charge in [0.05, 0.1) is 12.2 Å². The van der Waals surface area contributed by atoms with Crippen molar-refractivity contribution >= 4 is 23.2 Å². The van der Waals surface area contributed by atoms with Crippen LogP contribution in [-0.4, -0.2) is 31.6 Å². The van der Waals surface area contributed by atoms with Gasteiger partial charge in [-0.2, -0.15) is 13.2 Å². The van der Waals surface area contributed by atoms with Gasteiger partial charge in [0.25, 0.3) is 11.8 Å². The van der Waals surface area contributed by atoms with Gasteiger partial charge in [-0.05, 0) is 61.5 Å². The van der Waals surface area contributed by atoms with Crippen molar-refractivity contribution in [1.29, 1.82) is 0 Å². The second-order valence-electron chi connectivity index (χ2n) is 7.14. The maximum absolute atomic E-state index is 12.9. The van der Waals surface area contributed by atoms with Crippen LogP contribution in [0.3, 0.4) is 0 Å². The molecule has 2 amide bonds. The van der Waals surface area contributed by atoms with Gasteiger partial charge in [0, 0.05) is 29.1 Å². The van der Waals surface area contributed by atoms with E-state index in [2.05, 4.69) is 10.6 Å². The van der Waals surface area contributed by atoms with Crippen LogP contribution in [0.15, 0.2) is 72.8 Å². The molecule has 6 nitrogen and oxygen atoms in total. The van der Waals surface area contributed by atoms with Crippen LogP contribution in [0.4, 0.5) is 24.5 Å². The molecule has 0 bridgehead atoms. The number of rotatable bonds is 9. The second-order valence-corrected chi connectivity index (χ2v) is 7.14. The Morgan fingerprint density at radius 1 is 0.794 bits per heavy atom. The molecule has 0 saturated carbocycles. The van der Waals surface area contributed by atoms with E-state index in [1.165, 1.54) is 24.3 Å². The zero-order chi connectivity index (χ0) is 24.6. The quantitative estimate of drug-likeness (QED) is 0.396. The molecule has 2 N–H and O–H groups in total. The van der Waals surface area contributed by atoms with E-state index in [9.17, 15) is 22.8 Å². The summed E-state index contributed by atoms with van der Waals surface area (Å²) in [5, 5.41) is 5.14. The van der Waals surface area contributed by atoms with Gasteiger partial charge in [-0.25, -0.2) is 0 Å². The number of nitrogens with one attached hydrogen (secondary N) is 2. The van der Waals surface area contributed by atoms with Gasteiger partial charge in [0.1, 0.15) is 12.4 Å². The predicted octanol–water partition coefficient (Wildman–Crippen LogP) is 5.63. The van der Waals surface area contributed by atoms with Crippen molar-refractivity contribution in [3.8, 4) is 5.75 Å². The van der Waals surface area contributed by atoms with Crippen LogP contribution in [0, 0.1) is 0 Å². The highest BCUT2D eigenvalue weighted by molar-refractivity contribution is 6.07. The monoisotopic (exact) mass is 472 g/mol. The molecule has 0 saturated heterocycles. The molecule has 3 aromatic rings. The average molecular weight is 472 g/mol. The lowest BCUT2D eigenvalue weighted by Crippen LogP contribution is -2.15. The lowest BCUT2D eigenvalue weighted by Gasteiger charge is -2.11. The van der Waals surface area contributed by atoms with Crippen molar-refractivity contribution < 1.29 is 32.2 Å². The van der Waals surface area contributed by atoms with E-state index in [0.717, 1.165) is 12.1 Å². The molecule has 9 heteroatoms. The smallest absolute Gasteiger partial charge is 0.416 e. The Kier molecular flexibility index (Phi) is 8.26. The maximum atomic E-state index is 12.9. The van der Waals surface area contributed by atoms with Crippen LogP contribution in [0.25, 0.3) is 0 Å². The second kappa shape index (κ2) is 11.3. The first-order valence-corrected chi connectivity index (χ1v) is 10.5. The van der Waals surface area contributed by atoms with E-state index >= 15 is 0 Å². The Bertz CT molecular complexity index is 1150. The van der Waals surface area contributed by atoms with Crippen molar-refractivity contribution in [3.05, 3.63) is 89.5 Å². The first kappa shape index (κ1) is 24.8. The van der Waals surface area contributed by atoms with Crippen LogP contribution in [0.5, 0.6) is 5.75 Å². The molecule has 0 spiro atoms. The van der Waals surface area contributed by atoms with E-state index in [0.29, 0.717) is 36.8 Å². The Morgan fingerprint density at radius 2 is 1.38 bits per heavy atom. The summed E-state index contributed by atoms with van der Waals surface area (Å²) in [4.78, 5) is 25.2. The van der Waals surface area contributed by atoms with Crippen molar-refractivity contribution in [3.63, 3.8) is 0 Å². The van der Waals surface area contributed by atoms with E-state index < -0.39 is 23.6 Å². The van der Waals surface area contributed by atoms with Crippen molar-refractivity contribution in [1.82, 2.24) is 0 Å². The third-order valence-electron chi connectivity index (χ3n) is 4.63. The summed E-state index contributed by atoms with van der Waals surface area (Å²) in [7, 11) is 0. The largest absolute Gasteiger partial charge is 0.491 e. The zero-order valence-electron chi connectivity index (χ0n) is 18.3. The predicted molar refractivity (Wildman–Crippen MR) is 122 cm³/mol. The Balaban J connectivity index is 1.65. The van der Waals surface area contributed by atoms with Gasteiger partial charge in [-0.3, -0.25) is 9.59 Å². The summed E-state index contributed by atoms with van der Waals surface area (Å²) in [6.07, 6.45) is -4.52. The fourth-order valence-electron chi connectivity index (χ4n) is 3.01. The summed E-state index contributed by atoms with van der Waals surface area (Å²) in [5.74, 6) is -0.507. The standard InChI is InChI=1S/C25H23F3N2O4/c1-2-33-12-13-34-22-11-4-7-18(15-22)24(32)29-20-9-3-6-17(14-20)23(31)30-21-10-5-8-19(16-21)25(26,27)28/h3-11,14-16H,2,12-13H2,1H3,(H,29,32)(H,30,31). The van der Waals surface area contributed by atoms with Crippen LogP contribution in [-0.2, 0) is 10.9 Å². The first-order chi connectivity index (χ1) is 16.3. The van der Waals surface area contributed by atoms with E-state index in [-0.39, 0.29) is 11.3 Å². The third-order valence-corrected chi connectivity index (χ3v) is 4.63. The molecule has 0 radical (unpaired) electrons. The number of halogens is 3. The van der Waals surface area contributed by atoms with Gasteiger partial charge in [-0.15, -0.1) is 0 Å². The maximum Gasteiger partial charge on any atom is 0.416 e. The lowest BCUT2D eigenvalue weighted by atomic mass is 10.1. The topological polar surface area (TPSA) is 76.7 Å². The number of alkyl halides is 3. The normalized spacial score (nSPS) is 11.1. The van der Waals surface area contributed by atoms with Gasteiger partial charge in [0.2, 0.25) is 0 Å². The molecule has 0 atom stereocenters. The van der Waals surface area contributed by atoms with Gasteiger partial charge in [0.15, 0.2) is 0 Å². The van der Waals surface area contributed by atoms with Crippen LogP contribution in [0.2, 0.25) is 0 Å². The first-order valence-electron chi connectivity index (χ1n) is 10.5. The van der Waals surface area contributed by atoms with Gasteiger partial charge < -0.3 is 20.1 Å². The van der Waals surface area contributed by atoms with Gasteiger partial charge >= 0.3 is 6.18 Å². The molecule has 0 unspecified atom stereocenters. The average Bonchev–Trinajstić information content (AvgIpc) is 2.82. The highest BCUT2D eigenvalue weighted by Crippen LogP contribution is 2.30. The molecule has 3 aromatic carbocycles. The number of hydrogen-bond donors (Lipinski definition) is 2. The number of hydrogen-bond acceptors (Lipinski definition) is 4. The summed E-state index contributed by atoms with van der Waals surface area (Å²) >= 11 is 0. The highest BCUT2D eigenvalue weighted by Gasteiger charge is 2.30. The summed E-state index contributed by atoms with van der Waals surface area (Å²) in [6, 6.07) is 17.1. The minimum atomic E-state index is -4.52. The number of benzene rings is 3. The Labute approximate surface area is 194 Å². The minimum Gasteiger partial charge on any atom is -0.491 e. The zero-order valence-corrected chi connectivity index (χ0v) is 18.3. The van der Waals surface area contributed by atoms with E-state index in [4.69, 9.17) is 9.47 Å². The lowest BCUT2D eigenvalue weighted by molar-refractivity contribution is -0.137. The van der Waals surface area contributed by atoms with Gasteiger partial charge in [-0.1, -0.05) is 18.2 Å². The number of ether oxygens (including phenoxy) is 2. The fourth-order valence-corrected chi connectivity index (χ4v) is 3.01. The number of amides is 2. The van der Waals surface area contributed by atoms with Crippen LogP contribution < -0.4 is 15.4 Å². The van der Waals surface area contributed by atoms with Crippen molar-refractivity contribution in [2.75, 3.05) is 30.5 Å². The molecular weight excluding hydrogens is 449 g/mol. The van der Waals surface area contributed by atoms with E-state index in [1.807, 2.05) is 6.92 Å². The molecule has 34 heavy (non-hydrogen) atoms. The minimum absolute atomic E-state index is 0.00964. The Hall–Kier alpha value is -3.85. The molecule has 0 aliphatic carbocycles. The molecular formula is C25H23F3N2O4. The summed E-state index contributed by atoms with van der Waals surface area (Å²) < 4.78 is 49.5. The molecule has 0 fully saturated rings. The molecule has 3 rings (SSSR count). The summed E-state index contributed by atoms with van der Waals surface area (Å²) in [5.41, 5.74) is 0.0196. The van der Waals surface area contributed by atoms with Crippen molar-refractivity contribution in [2.45, 2.75) is 13.1 Å². The molecule has 0 heterocycles. The summed E-state index contributed by atoms with van der Waals surface area (Å²) in [6.45, 7) is 3.25. The van der Waals surface area contributed by atoms with E-state index in [1.54, 1.807) is 36.4 Å². The Morgan fingerprint density at radius 3 is 2.03 bits per heavy atom. The molecule has 0 aliphatic heterocycles. The fraction of sp³-hybridized carbons (Fsp3) is 0.200. The highest BCUT2D eigenvalue weighted by atomic mass is 19.4. The third kappa shape index (κ3) is 7.08. The number of anilines is 2. The molecule has 178 valence electrons. The number of carbonyl (C=O) groups is 2. The SMILES string of the molecule is CCOCCOc1cccc(C(=O)Nc2cccc(C(=O)Nc3cccc(C(F)(F)F)c3)c2)c1. The molecule has 0 aromatic heterocycles. The number of carbonyl (C=O) groups excluding carboxylic acids is 2. The van der Waals surface area contributed by atoms with Crippen molar-refractivity contribution in [2.24, 2.45) is 0 Å². The molecule has 0 aliphatic rings.